The van der Waals surface area contributed by atoms with Gasteiger partial charge in [-0.25, -0.2) is 4.99 Å². The number of aryl methyl sites for hydroxylation is 3. The van der Waals surface area contributed by atoms with Crippen LogP contribution in [0.3, 0.4) is 0 Å². The van der Waals surface area contributed by atoms with E-state index in [1.165, 1.54) is 11.1 Å². The minimum Gasteiger partial charge on any atom is -0.269 e. The number of aromatic nitrogens is 1. The molecule has 5 heteroatoms. The highest BCUT2D eigenvalue weighted by atomic mass is 32.2. The summed E-state index contributed by atoms with van der Waals surface area (Å²) in [6.07, 6.45) is 0. The van der Waals surface area contributed by atoms with Gasteiger partial charge >= 0.3 is 0 Å². The third-order valence-electron chi connectivity index (χ3n) is 3.73. The van der Waals surface area contributed by atoms with E-state index in [2.05, 4.69) is 37.0 Å². The first-order chi connectivity index (χ1) is 11.6. The van der Waals surface area contributed by atoms with Crippen LogP contribution in [0.5, 0.6) is 0 Å². The van der Waals surface area contributed by atoms with Crippen molar-refractivity contribution < 1.29 is 0 Å². The molecule has 0 amide bonds. The first kappa shape index (κ1) is 17.2. The van der Waals surface area contributed by atoms with Crippen molar-refractivity contribution in [3.05, 3.63) is 58.9 Å². The smallest absolute Gasteiger partial charge is 0.129 e. The SMILES string of the molecule is Cc1cccc(CN=C2SCCSC2=Nc2c(C)cccc2C)n1. The summed E-state index contributed by atoms with van der Waals surface area (Å²) in [7, 11) is 0. The average Bonchev–Trinajstić information content (AvgIpc) is 2.57. The summed E-state index contributed by atoms with van der Waals surface area (Å²) < 4.78 is 0. The van der Waals surface area contributed by atoms with Gasteiger partial charge in [-0.05, 0) is 44.0 Å². The van der Waals surface area contributed by atoms with E-state index in [9.17, 15) is 0 Å². The second kappa shape index (κ2) is 7.99. The Balaban J connectivity index is 1.88. The number of thioether (sulfide) groups is 2. The summed E-state index contributed by atoms with van der Waals surface area (Å²) in [5.74, 6) is 2.16. The molecule has 1 saturated heterocycles. The van der Waals surface area contributed by atoms with E-state index in [1.807, 2.05) is 25.1 Å². The van der Waals surface area contributed by atoms with Crippen LogP contribution in [0.4, 0.5) is 5.69 Å². The minimum absolute atomic E-state index is 0.607. The van der Waals surface area contributed by atoms with Crippen LogP contribution in [-0.2, 0) is 6.54 Å². The lowest BCUT2D eigenvalue weighted by molar-refractivity contribution is 0.974. The zero-order chi connectivity index (χ0) is 16.9. The van der Waals surface area contributed by atoms with Crippen LogP contribution in [0, 0.1) is 20.8 Å². The van der Waals surface area contributed by atoms with Crippen molar-refractivity contribution in [1.29, 1.82) is 0 Å². The highest BCUT2D eigenvalue weighted by molar-refractivity contribution is 8.27. The Labute approximate surface area is 152 Å². The Kier molecular flexibility index (Phi) is 5.74. The van der Waals surface area contributed by atoms with Gasteiger partial charge < -0.3 is 0 Å². The molecule has 3 nitrogen and oxygen atoms in total. The van der Waals surface area contributed by atoms with E-state index in [4.69, 9.17) is 9.98 Å². The van der Waals surface area contributed by atoms with Crippen LogP contribution >= 0.6 is 23.5 Å². The number of aliphatic imine (C=N–C) groups is 2. The maximum atomic E-state index is 4.94. The topological polar surface area (TPSA) is 37.6 Å². The van der Waals surface area contributed by atoms with Gasteiger partial charge in [0.1, 0.15) is 10.1 Å². The Bertz CT molecular complexity index is 777. The van der Waals surface area contributed by atoms with Gasteiger partial charge in [0.2, 0.25) is 0 Å². The maximum absolute atomic E-state index is 4.94. The van der Waals surface area contributed by atoms with Crippen LogP contribution in [0.1, 0.15) is 22.5 Å². The summed E-state index contributed by atoms with van der Waals surface area (Å²) >= 11 is 3.60. The zero-order valence-corrected chi connectivity index (χ0v) is 15.9. The number of hydrogen-bond donors (Lipinski definition) is 0. The summed E-state index contributed by atoms with van der Waals surface area (Å²) in [5, 5.41) is 2.08. The standard InChI is InChI=1S/C19H21N3S2/c1-13-6-4-7-14(2)17(13)22-19-18(23-10-11-24-19)20-12-16-9-5-8-15(3)21-16/h4-9H,10-12H2,1-3H3. The average molecular weight is 356 g/mol. The summed E-state index contributed by atoms with van der Waals surface area (Å²) in [6.45, 7) is 6.84. The third-order valence-corrected chi connectivity index (χ3v) is 6.09. The van der Waals surface area contributed by atoms with Crippen molar-refractivity contribution in [1.82, 2.24) is 4.98 Å². The van der Waals surface area contributed by atoms with Crippen molar-refractivity contribution in [2.24, 2.45) is 9.98 Å². The monoisotopic (exact) mass is 355 g/mol. The molecule has 0 atom stereocenters. The van der Waals surface area contributed by atoms with Crippen LogP contribution in [-0.4, -0.2) is 26.6 Å². The molecular weight excluding hydrogens is 334 g/mol. The molecule has 1 aromatic heterocycles. The Morgan fingerprint density at radius 2 is 1.58 bits per heavy atom. The lowest BCUT2D eigenvalue weighted by atomic mass is 10.1. The van der Waals surface area contributed by atoms with Gasteiger partial charge in [-0.3, -0.25) is 9.98 Å². The molecule has 24 heavy (non-hydrogen) atoms. The first-order valence-corrected chi connectivity index (χ1v) is 9.98. The van der Waals surface area contributed by atoms with Crippen LogP contribution in [0.25, 0.3) is 0 Å². The molecule has 124 valence electrons. The zero-order valence-electron chi connectivity index (χ0n) is 14.2. The molecule has 1 fully saturated rings. The van der Waals surface area contributed by atoms with Crippen molar-refractivity contribution in [2.75, 3.05) is 11.5 Å². The van der Waals surface area contributed by atoms with Gasteiger partial charge in [0.15, 0.2) is 0 Å². The van der Waals surface area contributed by atoms with Crippen molar-refractivity contribution in [2.45, 2.75) is 27.3 Å². The van der Waals surface area contributed by atoms with Crippen molar-refractivity contribution in [3.8, 4) is 0 Å². The molecule has 0 saturated carbocycles. The maximum Gasteiger partial charge on any atom is 0.129 e. The highest BCUT2D eigenvalue weighted by Gasteiger charge is 2.17. The number of nitrogens with zero attached hydrogens (tertiary/aromatic N) is 3. The highest BCUT2D eigenvalue weighted by Crippen LogP contribution is 2.29. The van der Waals surface area contributed by atoms with E-state index < -0.39 is 0 Å². The second-order valence-electron chi connectivity index (χ2n) is 5.75. The Morgan fingerprint density at radius 1 is 0.917 bits per heavy atom. The number of rotatable bonds is 3. The van der Waals surface area contributed by atoms with Gasteiger partial charge in [0.05, 0.1) is 17.9 Å². The van der Waals surface area contributed by atoms with E-state index in [1.54, 1.807) is 23.5 Å². The van der Waals surface area contributed by atoms with E-state index in [-0.39, 0.29) is 0 Å². The molecule has 1 aromatic carbocycles. The van der Waals surface area contributed by atoms with Gasteiger partial charge in [-0.1, -0.05) is 24.3 Å². The normalized spacial score (nSPS) is 18.3. The van der Waals surface area contributed by atoms with E-state index in [0.717, 1.165) is 38.7 Å². The molecule has 2 heterocycles. The molecule has 0 spiro atoms. The molecule has 0 radical (unpaired) electrons. The van der Waals surface area contributed by atoms with E-state index >= 15 is 0 Å². The fourth-order valence-corrected chi connectivity index (χ4v) is 4.59. The van der Waals surface area contributed by atoms with Gasteiger partial charge in [-0.15, -0.1) is 23.5 Å². The molecule has 2 aromatic rings. The first-order valence-electron chi connectivity index (χ1n) is 8.01. The van der Waals surface area contributed by atoms with Crippen LogP contribution in [0.15, 0.2) is 46.4 Å². The summed E-state index contributed by atoms with van der Waals surface area (Å²) in [5.41, 5.74) is 5.52. The van der Waals surface area contributed by atoms with Crippen molar-refractivity contribution >= 4 is 39.3 Å². The number of para-hydroxylation sites is 1. The van der Waals surface area contributed by atoms with Crippen molar-refractivity contribution in [3.63, 3.8) is 0 Å². The summed E-state index contributed by atoms with van der Waals surface area (Å²) in [4.78, 5) is 14.3. The Morgan fingerprint density at radius 3 is 2.29 bits per heavy atom. The molecule has 1 aliphatic rings. The molecule has 0 unspecified atom stereocenters. The predicted octanol–water partition coefficient (Wildman–Crippen LogP) is 5.12. The van der Waals surface area contributed by atoms with Gasteiger partial charge in [-0.2, -0.15) is 0 Å². The molecule has 0 N–H and O–H groups in total. The fourth-order valence-electron chi connectivity index (χ4n) is 2.52. The van der Waals surface area contributed by atoms with Gasteiger partial charge in [0.25, 0.3) is 0 Å². The molecular formula is C19H21N3S2. The quantitative estimate of drug-likeness (QED) is 0.767. The second-order valence-corrected chi connectivity index (χ2v) is 7.91. The fraction of sp³-hybridized carbons (Fsp3) is 0.316. The Hall–Kier alpha value is -1.59. The lowest BCUT2D eigenvalue weighted by Crippen LogP contribution is -2.15. The number of benzene rings is 1. The number of pyridine rings is 1. The summed E-state index contributed by atoms with van der Waals surface area (Å²) in [6, 6.07) is 12.4. The lowest BCUT2D eigenvalue weighted by Gasteiger charge is -2.16. The minimum atomic E-state index is 0.607. The molecule has 3 rings (SSSR count). The van der Waals surface area contributed by atoms with Crippen LogP contribution in [0.2, 0.25) is 0 Å². The van der Waals surface area contributed by atoms with Gasteiger partial charge in [0, 0.05) is 17.2 Å². The molecule has 1 aliphatic heterocycles. The molecule has 0 aliphatic carbocycles. The number of hydrogen-bond acceptors (Lipinski definition) is 5. The third kappa shape index (κ3) is 4.28. The largest absolute Gasteiger partial charge is 0.269 e. The van der Waals surface area contributed by atoms with Crippen LogP contribution < -0.4 is 0 Å². The predicted molar refractivity (Wildman–Crippen MR) is 108 cm³/mol. The molecule has 0 bridgehead atoms. The van der Waals surface area contributed by atoms with E-state index in [0.29, 0.717) is 6.54 Å².